The average molecular weight is 238 g/mol. The summed E-state index contributed by atoms with van der Waals surface area (Å²) in [6.07, 6.45) is 4.97. The van der Waals surface area contributed by atoms with Gasteiger partial charge in [-0.2, -0.15) is 0 Å². The lowest BCUT2D eigenvalue weighted by Crippen LogP contribution is -1.93. The molecule has 0 aliphatic rings. The van der Waals surface area contributed by atoms with E-state index < -0.39 is 8.60 Å². The van der Waals surface area contributed by atoms with Crippen LogP contribution in [-0.4, -0.2) is 9.79 Å². The molecule has 0 spiro atoms. The molecule has 0 radical (unpaired) electrons. The van der Waals surface area contributed by atoms with E-state index in [0.717, 1.165) is 17.5 Å². The normalized spacial score (nSPS) is 10.2. The lowest BCUT2D eigenvalue weighted by molar-refractivity contribution is 0.373. The number of rotatable bonds is 6. The molecule has 0 unspecified atom stereocenters. The van der Waals surface area contributed by atoms with E-state index in [1.54, 1.807) is 12.1 Å². The lowest BCUT2D eigenvalue weighted by Gasteiger charge is -2.11. The van der Waals surface area contributed by atoms with Crippen molar-refractivity contribution in [2.24, 2.45) is 0 Å². The molecule has 4 heteroatoms. The molecule has 2 N–H and O–H groups in total. The Kier molecular flexibility index (Phi) is 5.20. The molecule has 0 amide bonds. The summed E-state index contributed by atoms with van der Waals surface area (Å²) in [7, 11) is -2.38. The van der Waals surface area contributed by atoms with Gasteiger partial charge in [0, 0.05) is 0 Å². The van der Waals surface area contributed by atoms with Crippen LogP contribution >= 0.6 is 8.60 Å². The van der Waals surface area contributed by atoms with E-state index in [2.05, 4.69) is 13.2 Å². The van der Waals surface area contributed by atoms with Gasteiger partial charge >= 0.3 is 8.60 Å². The molecule has 0 aliphatic heterocycles. The number of benzene rings is 1. The fourth-order valence-corrected chi connectivity index (χ4v) is 1.77. The fourth-order valence-electron chi connectivity index (χ4n) is 1.42. The summed E-state index contributed by atoms with van der Waals surface area (Å²) in [5.41, 5.74) is 2.00. The summed E-state index contributed by atoms with van der Waals surface area (Å²) in [5, 5.41) is 0. The Labute approximate surface area is 96.7 Å². The largest absolute Gasteiger partial charge is 0.427 e. The molecule has 0 bridgehead atoms. The molecule has 86 valence electrons. The van der Waals surface area contributed by atoms with Crippen LogP contribution in [0, 0.1) is 0 Å². The van der Waals surface area contributed by atoms with Crippen LogP contribution in [0.2, 0.25) is 0 Å². The van der Waals surface area contributed by atoms with Gasteiger partial charge in [-0.25, -0.2) is 0 Å². The first-order chi connectivity index (χ1) is 7.67. The predicted octanol–water partition coefficient (Wildman–Crippen LogP) is 2.73. The zero-order chi connectivity index (χ0) is 12.0. The predicted molar refractivity (Wildman–Crippen MR) is 66.2 cm³/mol. The summed E-state index contributed by atoms with van der Waals surface area (Å²) in [4.78, 5) is 17.7. The van der Waals surface area contributed by atoms with Crippen molar-refractivity contribution in [1.82, 2.24) is 0 Å². The van der Waals surface area contributed by atoms with Crippen LogP contribution in [0.5, 0.6) is 5.75 Å². The zero-order valence-corrected chi connectivity index (χ0v) is 9.86. The zero-order valence-electron chi connectivity index (χ0n) is 8.97. The minimum Gasteiger partial charge on any atom is -0.427 e. The maximum absolute atomic E-state index is 8.83. The Morgan fingerprint density at radius 1 is 1.19 bits per heavy atom. The molecule has 16 heavy (non-hydrogen) atoms. The number of hydrogen-bond donors (Lipinski definition) is 2. The van der Waals surface area contributed by atoms with Crippen molar-refractivity contribution in [2.45, 2.75) is 12.8 Å². The molecule has 0 atom stereocenters. The minimum atomic E-state index is -2.38. The van der Waals surface area contributed by atoms with Crippen molar-refractivity contribution in [3.05, 3.63) is 54.6 Å². The molecule has 0 aliphatic carbocycles. The van der Waals surface area contributed by atoms with Gasteiger partial charge in [0.2, 0.25) is 0 Å². The third-order valence-corrected chi connectivity index (χ3v) is 2.41. The average Bonchev–Trinajstić information content (AvgIpc) is 2.22. The molecule has 0 aromatic heterocycles. The third-order valence-electron chi connectivity index (χ3n) is 2.05. The van der Waals surface area contributed by atoms with Gasteiger partial charge in [-0.05, 0) is 30.0 Å². The van der Waals surface area contributed by atoms with E-state index in [4.69, 9.17) is 14.3 Å². The minimum absolute atomic E-state index is 0.490. The van der Waals surface area contributed by atoms with Gasteiger partial charge < -0.3 is 14.3 Å². The molecule has 0 heterocycles. The summed E-state index contributed by atoms with van der Waals surface area (Å²) < 4.78 is 4.93. The van der Waals surface area contributed by atoms with Gasteiger partial charge in [-0.3, -0.25) is 0 Å². The van der Waals surface area contributed by atoms with Gasteiger partial charge in [-0.1, -0.05) is 24.3 Å². The summed E-state index contributed by atoms with van der Waals surface area (Å²) >= 11 is 0. The van der Waals surface area contributed by atoms with E-state index in [9.17, 15) is 0 Å². The Morgan fingerprint density at radius 3 is 2.44 bits per heavy atom. The second kappa shape index (κ2) is 6.44. The highest BCUT2D eigenvalue weighted by Crippen LogP contribution is 2.32. The van der Waals surface area contributed by atoms with Crippen LogP contribution in [0.1, 0.15) is 11.1 Å². The highest BCUT2D eigenvalue weighted by molar-refractivity contribution is 7.39. The molecule has 1 aromatic carbocycles. The molecule has 0 fully saturated rings. The molecule has 1 aromatic rings. The first kappa shape index (κ1) is 12.9. The van der Waals surface area contributed by atoms with Gasteiger partial charge in [0.05, 0.1) is 0 Å². The maximum atomic E-state index is 8.83. The van der Waals surface area contributed by atoms with Crippen LogP contribution in [0.3, 0.4) is 0 Å². The molecule has 0 saturated heterocycles. The first-order valence-electron chi connectivity index (χ1n) is 4.86. The second-order valence-electron chi connectivity index (χ2n) is 3.27. The second-order valence-corrected chi connectivity index (χ2v) is 3.96. The fraction of sp³-hybridized carbons (Fsp3) is 0.167. The molecular formula is C12H15O3P. The van der Waals surface area contributed by atoms with Crippen molar-refractivity contribution in [3.63, 3.8) is 0 Å². The third kappa shape index (κ3) is 3.78. The lowest BCUT2D eigenvalue weighted by atomic mass is 10.0. The van der Waals surface area contributed by atoms with E-state index in [1.165, 1.54) is 0 Å². The standard InChI is InChI=1S/C12H15O3P/c1-3-5-10-7-8-12(15-16(13)14)11(9-10)6-4-2/h3-4,7-9,13-14H,1-2,5-6H2. The quantitative estimate of drug-likeness (QED) is 0.591. The molecule has 0 saturated carbocycles. The van der Waals surface area contributed by atoms with Crippen molar-refractivity contribution < 1.29 is 14.3 Å². The Balaban J connectivity index is 2.97. The molecule has 3 nitrogen and oxygen atoms in total. The van der Waals surface area contributed by atoms with Crippen LogP contribution in [0.15, 0.2) is 43.5 Å². The maximum Gasteiger partial charge on any atom is 0.391 e. The smallest absolute Gasteiger partial charge is 0.391 e. The van der Waals surface area contributed by atoms with Crippen molar-refractivity contribution in [3.8, 4) is 5.75 Å². The Hall–Kier alpha value is -1.15. The topological polar surface area (TPSA) is 49.7 Å². The summed E-state index contributed by atoms with van der Waals surface area (Å²) in [6.45, 7) is 7.33. The van der Waals surface area contributed by atoms with E-state index in [-0.39, 0.29) is 0 Å². The first-order valence-corrected chi connectivity index (χ1v) is 6.03. The van der Waals surface area contributed by atoms with Gasteiger partial charge in [0.25, 0.3) is 0 Å². The van der Waals surface area contributed by atoms with Crippen LogP contribution < -0.4 is 4.52 Å². The van der Waals surface area contributed by atoms with Crippen molar-refractivity contribution in [2.75, 3.05) is 0 Å². The highest BCUT2D eigenvalue weighted by Gasteiger charge is 2.08. The van der Waals surface area contributed by atoms with Crippen molar-refractivity contribution in [1.29, 1.82) is 0 Å². The summed E-state index contributed by atoms with van der Waals surface area (Å²) in [6, 6.07) is 5.57. The number of hydrogen-bond acceptors (Lipinski definition) is 3. The van der Waals surface area contributed by atoms with Gasteiger partial charge in [-0.15, -0.1) is 13.2 Å². The van der Waals surface area contributed by atoms with Crippen LogP contribution in [0.4, 0.5) is 0 Å². The Bertz CT molecular complexity index is 375. The van der Waals surface area contributed by atoms with Crippen LogP contribution in [-0.2, 0) is 12.8 Å². The van der Waals surface area contributed by atoms with Gasteiger partial charge in [0.15, 0.2) is 0 Å². The SMILES string of the molecule is C=CCc1ccc(OP(O)O)c(CC=C)c1. The van der Waals surface area contributed by atoms with E-state index in [1.807, 2.05) is 18.2 Å². The summed E-state index contributed by atoms with van der Waals surface area (Å²) in [5.74, 6) is 0.490. The van der Waals surface area contributed by atoms with Gasteiger partial charge in [0.1, 0.15) is 5.75 Å². The van der Waals surface area contributed by atoms with E-state index in [0.29, 0.717) is 12.2 Å². The van der Waals surface area contributed by atoms with Crippen molar-refractivity contribution >= 4 is 8.60 Å². The highest BCUT2D eigenvalue weighted by atomic mass is 31.2. The molecule has 1 rings (SSSR count). The van der Waals surface area contributed by atoms with E-state index >= 15 is 0 Å². The monoisotopic (exact) mass is 238 g/mol. The molecular weight excluding hydrogens is 223 g/mol. The van der Waals surface area contributed by atoms with Crippen LogP contribution in [0.25, 0.3) is 0 Å². The Morgan fingerprint density at radius 2 is 1.88 bits per heavy atom. The number of allylic oxidation sites excluding steroid dienone is 2.